The largest absolute Gasteiger partial charge is 0.353 e. The van der Waals surface area contributed by atoms with Crippen LogP contribution in [0.2, 0.25) is 0 Å². The third-order valence-corrected chi connectivity index (χ3v) is 4.73. The molecule has 1 saturated heterocycles. The third kappa shape index (κ3) is 2.47. The van der Waals surface area contributed by atoms with E-state index in [4.69, 9.17) is 12.2 Å². The van der Waals surface area contributed by atoms with E-state index in [1.807, 2.05) is 42.6 Å². The molecule has 4 nitrogen and oxygen atoms in total. The number of aromatic nitrogens is 2. The Bertz CT molecular complexity index is 844. The Kier molecular flexibility index (Phi) is 3.78. The van der Waals surface area contributed by atoms with Gasteiger partial charge in [-0.05, 0) is 48.6 Å². The van der Waals surface area contributed by atoms with Gasteiger partial charge in [0.15, 0.2) is 5.11 Å². The van der Waals surface area contributed by atoms with Crippen molar-refractivity contribution in [2.24, 2.45) is 7.05 Å². The topological polar surface area (TPSA) is 33.1 Å². The number of rotatable bonds is 3. The fraction of sp³-hybridized carbons (Fsp3) is 0.158. The summed E-state index contributed by atoms with van der Waals surface area (Å²) in [6.07, 6.45) is 3.89. The maximum Gasteiger partial charge on any atom is 0.174 e. The number of hydrogen-bond donors (Lipinski definition) is 1. The molecular weight excluding hydrogens is 316 g/mol. The minimum Gasteiger partial charge on any atom is -0.353 e. The van der Waals surface area contributed by atoms with Gasteiger partial charge in [0.25, 0.3) is 0 Å². The number of nitrogens with zero attached hydrogens (tertiary/aromatic N) is 3. The van der Waals surface area contributed by atoms with Crippen LogP contribution in [0.4, 0.5) is 5.69 Å². The second kappa shape index (κ2) is 6.09. The van der Waals surface area contributed by atoms with Crippen LogP contribution in [0.1, 0.15) is 23.5 Å². The van der Waals surface area contributed by atoms with Crippen LogP contribution in [0.5, 0.6) is 0 Å². The molecule has 1 aliphatic heterocycles. The predicted octanol–water partition coefficient (Wildman–Crippen LogP) is 3.60. The highest BCUT2D eigenvalue weighted by Crippen LogP contribution is 2.41. The van der Waals surface area contributed by atoms with E-state index >= 15 is 0 Å². The highest BCUT2D eigenvalue weighted by atomic mass is 32.1. The van der Waals surface area contributed by atoms with Crippen molar-refractivity contribution in [2.45, 2.75) is 12.1 Å². The number of pyridine rings is 1. The standard InChI is InChI=1S/C19H18N4S/c1-22-13-7-11-16(22)18-17(15-10-5-6-12-20-15)21-19(24)23(18)14-8-3-2-4-9-14/h2-13,17-18H,1H3,(H,21,24). The van der Waals surface area contributed by atoms with Gasteiger partial charge in [-0.3, -0.25) is 4.98 Å². The monoisotopic (exact) mass is 334 g/mol. The van der Waals surface area contributed by atoms with Gasteiger partial charge in [0.1, 0.15) is 6.04 Å². The molecule has 24 heavy (non-hydrogen) atoms. The number of hydrogen-bond acceptors (Lipinski definition) is 2. The summed E-state index contributed by atoms with van der Waals surface area (Å²) in [7, 11) is 2.06. The summed E-state index contributed by atoms with van der Waals surface area (Å²) in [5.74, 6) is 0. The molecule has 0 spiro atoms. The molecule has 0 saturated carbocycles. The highest BCUT2D eigenvalue weighted by molar-refractivity contribution is 7.80. The first kappa shape index (κ1) is 14.9. The lowest BCUT2D eigenvalue weighted by Crippen LogP contribution is -2.30. The predicted molar refractivity (Wildman–Crippen MR) is 99.8 cm³/mol. The lowest BCUT2D eigenvalue weighted by atomic mass is 10.0. The number of benzene rings is 1. The van der Waals surface area contributed by atoms with E-state index in [9.17, 15) is 0 Å². The molecule has 3 heterocycles. The zero-order valence-corrected chi connectivity index (χ0v) is 14.1. The van der Waals surface area contributed by atoms with Crippen LogP contribution in [0.15, 0.2) is 73.1 Å². The molecule has 2 atom stereocenters. The van der Waals surface area contributed by atoms with Crippen molar-refractivity contribution < 1.29 is 0 Å². The molecule has 1 N–H and O–H groups in total. The molecule has 2 aromatic heterocycles. The van der Waals surface area contributed by atoms with E-state index in [0.29, 0.717) is 0 Å². The normalized spacial score (nSPS) is 20.2. The number of para-hydroxylation sites is 1. The Morgan fingerprint density at radius 2 is 1.79 bits per heavy atom. The second-order valence-corrected chi connectivity index (χ2v) is 6.26. The number of anilines is 1. The maximum atomic E-state index is 5.67. The van der Waals surface area contributed by atoms with Gasteiger partial charge in [-0.1, -0.05) is 24.3 Å². The average molecular weight is 334 g/mol. The molecule has 120 valence electrons. The van der Waals surface area contributed by atoms with E-state index in [2.05, 4.69) is 57.3 Å². The summed E-state index contributed by atoms with van der Waals surface area (Å²) in [4.78, 5) is 6.74. The van der Waals surface area contributed by atoms with Gasteiger partial charge in [0, 0.05) is 30.8 Å². The highest BCUT2D eigenvalue weighted by Gasteiger charge is 2.41. The van der Waals surface area contributed by atoms with Crippen LogP contribution >= 0.6 is 12.2 Å². The minimum atomic E-state index is 0.00695. The number of thiocarbonyl (C=S) groups is 1. The van der Waals surface area contributed by atoms with E-state index in [-0.39, 0.29) is 12.1 Å². The van der Waals surface area contributed by atoms with Crippen LogP contribution in [-0.2, 0) is 7.05 Å². The Labute approximate surface area is 146 Å². The fourth-order valence-electron chi connectivity index (χ4n) is 3.30. The molecule has 5 heteroatoms. The second-order valence-electron chi connectivity index (χ2n) is 5.88. The van der Waals surface area contributed by atoms with Crippen molar-refractivity contribution in [1.29, 1.82) is 0 Å². The van der Waals surface area contributed by atoms with Gasteiger partial charge < -0.3 is 14.8 Å². The van der Waals surface area contributed by atoms with E-state index in [1.165, 1.54) is 5.69 Å². The van der Waals surface area contributed by atoms with Gasteiger partial charge in [-0.15, -0.1) is 0 Å². The van der Waals surface area contributed by atoms with Crippen LogP contribution in [-0.4, -0.2) is 14.7 Å². The van der Waals surface area contributed by atoms with Crippen LogP contribution < -0.4 is 10.2 Å². The lowest BCUT2D eigenvalue weighted by Gasteiger charge is -2.28. The molecule has 3 aromatic rings. The molecule has 0 bridgehead atoms. The van der Waals surface area contributed by atoms with Gasteiger partial charge >= 0.3 is 0 Å². The van der Waals surface area contributed by atoms with Gasteiger partial charge in [-0.25, -0.2) is 0 Å². The first-order valence-electron chi connectivity index (χ1n) is 7.92. The Morgan fingerprint density at radius 1 is 1.00 bits per heavy atom. The fourth-order valence-corrected chi connectivity index (χ4v) is 3.65. The zero-order chi connectivity index (χ0) is 16.5. The first-order valence-corrected chi connectivity index (χ1v) is 8.33. The molecule has 1 fully saturated rings. The molecular formula is C19H18N4S. The van der Waals surface area contributed by atoms with E-state index in [0.717, 1.165) is 16.5 Å². The average Bonchev–Trinajstić information content (AvgIpc) is 3.19. The summed E-state index contributed by atoms with van der Waals surface area (Å²) < 4.78 is 2.14. The summed E-state index contributed by atoms with van der Waals surface area (Å²) in [6, 6.07) is 20.5. The Morgan fingerprint density at radius 3 is 2.46 bits per heavy atom. The van der Waals surface area contributed by atoms with Crippen molar-refractivity contribution in [2.75, 3.05) is 4.90 Å². The molecule has 2 unspecified atom stereocenters. The Hall–Kier alpha value is -2.66. The summed E-state index contributed by atoms with van der Waals surface area (Å²) in [6.45, 7) is 0. The molecule has 0 radical (unpaired) electrons. The summed E-state index contributed by atoms with van der Waals surface area (Å²) in [5.41, 5.74) is 3.27. The van der Waals surface area contributed by atoms with E-state index in [1.54, 1.807) is 0 Å². The molecule has 1 aliphatic rings. The van der Waals surface area contributed by atoms with E-state index < -0.39 is 0 Å². The number of nitrogens with one attached hydrogen (secondary N) is 1. The van der Waals surface area contributed by atoms with Crippen molar-refractivity contribution in [3.05, 3.63) is 84.4 Å². The molecule has 4 rings (SSSR count). The van der Waals surface area contributed by atoms with Crippen molar-refractivity contribution in [3.63, 3.8) is 0 Å². The smallest absolute Gasteiger partial charge is 0.174 e. The quantitative estimate of drug-likeness (QED) is 0.742. The summed E-state index contributed by atoms with van der Waals surface area (Å²) >= 11 is 5.67. The van der Waals surface area contributed by atoms with Crippen molar-refractivity contribution in [3.8, 4) is 0 Å². The van der Waals surface area contributed by atoms with Gasteiger partial charge in [-0.2, -0.15) is 0 Å². The van der Waals surface area contributed by atoms with Crippen LogP contribution in [0, 0.1) is 0 Å². The third-order valence-electron chi connectivity index (χ3n) is 4.42. The van der Waals surface area contributed by atoms with Gasteiger partial charge in [0.2, 0.25) is 0 Å². The zero-order valence-electron chi connectivity index (χ0n) is 13.3. The molecule has 0 amide bonds. The lowest BCUT2D eigenvalue weighted by molar-refractivity contribution is 0.541. The van der Waals surface area contributed by atoms with Crippen LogP contribution in [0.25, 0.3) is 0 Å². The molecule has 0 aliphatic carbocycles. The SMILES string of the molecule is Cn1cccc1C1C(c2ccccn2)NC(=S)N1c1ccccc1. The van der Waals surface area contributed by atoms with Crippen molar-refractivity contribution in [1.82, 2.24) is 14.9 Å². The van der Waals surface area contributed by atoms with Crippen LogP contribution in [0.3, 0.4) is 0 Å². The van der Waals surface area contributed by atoms with Crippen molar-refractivity contribution >= 4 is 23.0 Å². The Balaban J connectivity index is 1.84. The maximum absolute atomic E-state index is 5.67. The molecule has 1 aromatic carbocycles. The van der Waals surface area contributed by atoms with Gasteiger partial charge in [0.05, 0.1) is 11.7 Å². The minimum absolute atomic E-state index is 0.00695. The summed E-state index contributed by atoms with van der Waals surface area (Å²) in [5, 5.41) is 4.19. The first-order chi connectivity index (χ1) is 11.8. The number of aryl methyl sites for hydroxylation is 1.